The second kappa shape index (κ2) is 5.98. The van der Waals surface area contributed by atoms with Crippen LogP contribution in [0.4, 0.5) is 9.93 Å². The van der Waals surface area contributed by atoms with Crippen LogP contribution in [0.15, 0.2) is 11.6 Å². The zero-order valence-corrected chi connectivity index (χ0v) is 11.5. The lowest BCUT2D eigenvalue weighted by Gasteiger charge is -2.33. The molecule has 1 saturated heterocycles. The first-order valence-electron chi connectivity index (χ1n) is 5.94. The normalized spacial score (nSPS) is 16.4. The lowest BCUT2D eigenvalue weighted by Crippen LogP contribution is -2.51. The summed E-state index contributed by atoms with van der Waals surface area (Å²) in [4.78, 5) is 31.8. The average molecular weight is 284 g/mol. The molecule has 0 aliphatic carbocycles. The molecule has 1 aromatic heterocycles. The number of hydrogen-bond donors (Lipinski definition) is 1. The van der Waals surface area contributed by atoms with Crippen LogP contribution < -0.4 is 4.90 Å². The van der Waals surface area contributed by atoms with Gasteiger partial charge in [-0.25, -0.2) is 9.78 Å². The van der Waals surface area contributed by atoms with E-state index in [1.807, 2.05) is 10.3 Å². The third-order valence-corrected chi connectivity index (χ3v) is 3.93. The van der Waals surface area contributed by atoms with Gasteiger partial charge in [0.25, 0.3) is 0 Å². The Labute approximate surface area is 115 Å². The van der Waals surface area contributed by atoms with Crippen molar-refractivity contribution in [2.24, 2.45) is 0 Å². The largest absolute Gasteiger partial charge is 0.465 e. The summed E-state index contributed by atoms with van der Waals surface area (Å²) in [6.07, 6.45) is 0.765. The number of carbonyl (C=O) groups excluding carboxylic acids is 1. The van der Waals surface area contributed by atoms with Crippen LogP contribution in [0.2, 0.25) is 0 Å². The first-order valence-corrected chi connectivity index (χ1v) is 6.82. The number of rotatable bonds is 3. The van der Waals surface area contributed by atoms with Gasteiger partial charge in [0, 0.05) is 44.8 Å². The van der Waals surface area contributed by atoms with Crippen LogP contribution in [0.3, 0.4) is 0 Å². The molecule has 1 N–H and O–H groups in total. The zero-order chi connectivity index (χ0) is 13.8. The molecule has 0 bridgehead atoms. The van der Waals surface area contributed by atoms with E-state index in [4.69, 9.17) is 5.11 Å². The fourth-order valence-electron chi connectivity index (χ4n) is 1.88. The maximum absolute atomic E-state index is 12.0. The molecule has 7 nitrogen and oxygen atoms in total. The molecule has 2 rings (SSSR count). The molecule has 19 heavy (non-hydrogen) atoms. The number of carbonyl (C=O) groups is 2. The number of anilines is 1. The van der Waals surface area contributed by atoms with Crippen molar-refractivity contribution in [3.63, 3.8) is 0 Å². The predicted molar refractivity (Wildman–Crippen MR) is 71.6 cm³/mol. The molecule has 2 heterocycles. The predicted octanol–water partition coefficient (Wildman–Crippen LogP) is 0.402. The van der Waals surface area contributed by atoms with Gasteiger partial charge in [0.15, 0.2) is 5.13 Å². The lowest BCUT2D eigenvalue weighted by molar-refractivity contribution is -0.119. The molecule has 0 radical (unpaired) electrons. The molecule has 1 aliphatic rings. The summed E-state index contributed by atoms with van der Waals surface area (Å²) in [5.41, 5.74) is 0. The van der Waals surface area contributed by atoms with Crippen LogP contribution in [-0.4, -0.2) is 71.7 Å². The minimum atomic E-state index is -0.897. The third-order valence-electron chi connectivity index (χ3n) is 3.08. The van der Waals surface area contributed by atoms with Gasteiger partial charge in [-0.05, 0) is 0 Å². The van der Waals surface area contributed by atoms with Crippen molar-refractivity contribution in [1.29, 1.82) is 0 Å². The fraction of sp³-hybridized carbons (Fsp3) is 0.545. The van der Waals surface area contributed by atoms with Crippen molar-refractivity contribution in [1.82, 2.24) is 14.8 Å². The van der Waals surface area contributed by atoms with Gasteiger partial charge in [0.1, 0.15) is 0 Å². The maximum atomic E-state index is 12.0. The number of thiazole rings is 1. The molecule has 0 unspecified atom stereocenters. The maximum Gasteiger partial charge on any atom is 0.407 e. The minimum absolute atomic E-state index is 0.0290. The minimum Gasteiger partial charge on any atom is -0.465 e. The summed E-state index contributed by atoms with van der Waals surface area (Å²) >= 11 is 1.42. The van der Waals surface area contributed by atoms with Crippen molar-refractivity contribution in [2.45, 2.75) is 0 Å². The van der Waals surface area contributed by atoms with E-state index in [2.05, 4.69) is 4.98 Å². The number of amides is 2. The second-order valence-electron chi connectivity index (χ2n) is 4.31. The Morgan fingerprint density at radius 2 is 2.11 bits per heavy atom. The van der Waals surface area contributed by atoms with Crippen molar-refractivity contribution < 1.29 is 14.7 Å². The highest BCUT2D eigenvalue weighted by Crippen LogP contribution is 2.15. The lowest BCUT2D eigenvalue weighted by atomic mass is 10.3. The van der Waals surface area contributed by atoms with E-state index < -0.39 is 6.09 Å². The molecule has 104 valence electrons. The molecule has 0 aromatic carbocycles. The van der Waals surface area contributed by atoms with E-state index in [9.17, 15) is 9.59 Å². The smallest absolute Gasteiger partial charge is 0.407 e. The fourth-order valence-corrected chi connectivity index (χ4v) is 2.51. The Hall–Kier alpha value is -1.67. The topological polar surface area (TPSA) is 77.0 Å². The number of likely N-dealkylation sites (N-methyl/N-ethyl adjacent to an activating group) is 1. The Balaban J connectivity index is 1.82. The van der Waals surface area contributed by atoms with Gasteiger partial charge in [0.05, 0.1) is 6.54 Å². The monoisotopic (exact) mass is 284 g/mol. The van der Waals surface area contributed by atoms with Crippen LogP contribution in [0, 0.1) is 0 Å². The number of aromatic nitrogens is 1. The molecule has 0 atom stereocenters. The van der Waals surface area contributed by atoms with E-state index in [-0.39, 0.29) is 5.91 Å². The number of hydrogen-bond acceptors (Lipinski definition) is 5. The molecule has 0 saturated carbocycles. The first kappa shape index (κ1) is 13.8. The van der Waals surface area contributed by atoms with Gasteiger partial charge in [-0.2, -0.15) is 0 Å². The van der Waals surface area contributed by atoms with Gasteiger partial charge in [-0.15, -0.1) is 11.3 Å². The summed E-state index contributed by atoms with van der Waals surface area (Å²) in [6, 6.07) is 0. The second-order valence-corrected chi connectivity index (χ2v) is 5.19. The molecular weight excluding hydrogens is 268 g/mol. The quantitative estimate of drug-likeness (QED) is 0.869. The van der Waals surface area contributed by atoms with Crippen LogP contribution in [0.25, 0.3) is 0 Å². The van der Waals surface area contributed by atoms with Crippen LogP contribution in [0.1, 0.15) is 0 Å². The van der Waals surface area contributed by atoms with Crippen LogP contribution in [0.5, 0.6) is 0 Å². The summed E-state index contributed by atoms with van der Waals surface area (Å²) in [7, 11) is 1.70. The third kappa shape index (κ3) is 3.42. The Kier molecular flexibility index (Phi) is 4.33. The van der Waals surface area contributed by atoms with Crippen LogP contribution >= 0.6 is 11.3 Å². The highest BCUT2D eigenvalue weighted by atomic mass is 32.1. The SMILES string of the molecule is CN(C(=O)CN1CCN(C(=O)O)CC1)c1nccs1. The number of carboxylic acid groups (broad SMARTS) is 1. The van der Waals surface area contributed by atoms with Crippen molar-refractivity contribution in [3.8, 4) is 0 Å². The highest BCUT2D eigenvalue weighted by molar-refractivity contribution is 7.13. The van der Waals surface area contributed by atoms with E-state index in [1.54, 1.807) is 13.2 Å². The van der Waals surface area contributed by atoms with E-state index in [1.165, 1.54) is 21.1 Å². The standard InChI is InChI=1S/C11H16N4O3S/c1-13(10-12-2-7-19-10)9(16)8-14-3-5-15(6-4-14)11(17)18/h2,7H,3-6,8H2,1H3,(H,17,18). The highest BCUT2D eigenvalue weighted by Gasteiger charge is 2.23. The summed E-state index contributed by atoms with van der Waals surface area (Å²) in [6.45, 7) is 2.37. The molecule has 0 spiro atoms. The van der Waals surface area contributed by atoms with Gasteiger partial charge >= 0.3 is 6.09 Å². The Morgan fingerprint density at radius 3 is 2.63 bits per heavy atom. The Morgan fingerprint density at radius 1 is 1.42 bits per heavy atom. The van der Waals surface area contributed by atoms with Crippen molar-refractivity contribution in [2.75, 3.05) is 44.7 Å². The first-order chi connectivity index (χ1) is 9.08. The molecule has 1 aromatic rings. The molecule has 2 amide bonds. The van der Waals surface area contributed by atoms with Gasteiger partial charge in [0.2, 0.25) is 5.91 Å². The van der Waals surface area contributed by atoms with Gasteiger partial charge in [-0.1, -0.05) is 0 Å². The van der Waals surface area contributed by atoms with Crippen molar-refractivity contribution in [3.05, 3.63) is 11.6 Å². The Bertz CT molecular complexity index is 443. The summed E-state index contributed by atoms with van der Waals surface area (Å²) in [5, 5.41) is 11.3. The van der Waals surface area contributed by atoms with Crippen LogP contribution in [-0.2, 0) is 4.79 Å². The summed E-state index contributed by atoms with van der Waals surface area (Å²) in [5.74, 6) is -0.0290. The molecule has 1 fully saturated rings. The molecule has 1 aliphatic heterocycles. The van der Waals surface area contributed by atoms with Gasteiger partial charge in [-0.3, -0.25) is 14.6 Å². The molecule has 8 heteroatoms. The summed E-state index contributed by atoms with van der Waals surface area (Å²) < 4.78 is 0. The van der Waals surface area contributed by atoms with E-state index in [0.29, 0.717) is 37.9 Å². The van der Waals surface area contributed by atoms with Crippen molar-refractivity contribution >= 4 is 28.5 Å². The van der Waals surface area contributed by atoms with E-state index >= 15 is 0 Å². The zero-order valence-electron chi connectivity index (χ0n) is 10.7. The molecular formula is C11H16N4O3S. The number of nitrogens with zero attached hydrogens (tertiary/aromatic N) is 4. The van der Waals surface area contributed by atoms with E-state index in [0.717, 1.165) is 0 Å². The average Bonchev–Trinajstić information content (AvgIpc) is 2.92. The van der Waals surface area contributed by atoms with Gasteiger partial charge < -0.3 is 10.0 Å². The number of piperazine rings is 1.